The van der Waals surface area contributed by atoms with Crippen LogP contribution in [0, 0.1) is 0 Å². The van der Waals surface area contributed by atoms with Crippen molar-refractivity contribution < 1.29 is 19.4 Å². The molecule has 0 spiro atoms. The largest absolute Gasteiger partial charge is 0.496 e. The normalized spacial score (nSPS) is 14.2. The summed E-state index contributed by atoms with van der Waals surface area (Å²) in [4.78, 5) is 23.0. The number of hydrogen-bond acceptors (Lipinski definition) is 3. The van der Waals surface area contributed by atoms with Gasteiger partial charge in [0, 0.05) is 18.2 Å². The topological polar surface area (TPSA) is 75.6 Å². The van der Waals surface area contributed by atoms with Gasteiger partial charge in [-0.25, -0.2) is 4.79 Å². The van der Waals surface area contributed by atoms with Gasteiger partial charge in [-0.3, -0.25) is 4.79 Å². The van der Waals surface area contributed by atoms with Crippen LogP contribution in [0.3, 0.4) is 0 Å². The molecule has 112 valence electrons. The van der Waals surface area contributed by atoms with E-state index in [0.29, 0.717) is 12.1 Å². The number of benzene rings is 1. The van der Waals surface area contributed by atoms with Crippen LogP contribution in [0.15, 0.2) is 29.8 Å². The first-order valence-corrected chi connectivity index (χ1v) is 6.99. The first kappa shape index (κ1) is 15.1. The number of carboxylic acids is 1. The molecule has 2 rings (SSSR count). The molecule has 0 saturated carbocycles. The SMILES string of the molecule is COc1cc(NC(=O)CC2=CCCCC2)ccc1C(=O)O. The van der Waals surface area contributed by atoms with Gasteiger partial charge in [0.1, 0.15) is 11.3 Å². The highest BCUT2D eigenvalue weighted by Crippen LogP contribution is 2.24. The van der Waals surface area contributed by atoms with E-state index in [9.17, 15) is 9.59 Å². The van der Waals surface area contributed by atoms with E-state index in [-0.39, 0.29) is 17.2 Å². The van der Waals surface area contributed by atoms with Crippen LogP contribution in [0.25, 0.3) is 0 Å². The summed E-state index contributed by atoms with van der Waals surface area (Å²) in [6, 6.07) is 4.52. The van der Waals surface area contributed by atoms with Crippen molar-refractivity contribution in [3.8, 4) is 5.75 Å². The molecule has 1 aromatic rings. The number of ether oxygens (including phenoxy) is 1. The van der Waals surface area contributed by atoms with Crippen molar-refractivity contribution in [2.75, 3.05) is 12.4 Å². The Morgan fingerprint density at radius 2 is 2.14 bits per heavy atom. The van der Waals surface area contributed by atoms with Crippen molar-refractivity contribution >= 4 is 17.6 Å². The van der Waals surface area contributed by atoms with Gasteiger partial charge in [-0.1, -0.05) is 11.6 Å². The lowest BCUT2D eigenvalue weighted by Crippen LogP contribution is -2.13. The number of carboxylic acid groups (broad SMARTS) is 1. The maximum atomic E-state index is 12.0. The van der Waals surface area contributed by atoms with Crippen LogP contribution in [0.1, 0.15) is 42.5 Å². The number of allylic oxidation sites excluding steroid dienone is 1. The molecule has 2 N–H and O–H groups in total. The number of carbonyl (C=O) groups excluding carboxylic acids is 1. The predicted molar refractivity (Wildman–Crippen MR) is 79.8 cm³/mol. The van der Waals surface area contributed by atoms with Crippen molar-refractivity contribution in [3.05, 3.63) is 35.4 Å². The zero-order chi connectivity index (χ0) is 15.2. The predicted octanol–water partition coefficient (Wildman–Crippen LogP) is 3.22. The molecule has 0 fully saturated rings. The number of aromatic carboxylic acids is 1. The molecule has 1 aliphatic rings. The molecule has 0 aliphatic heterocycles. The van der Waals surface area contributed by atoms with Gasteiger partial charge < -0.3 is 15.2 Å². The Balaban J connectivity index is 2.03. The van der Waals surface area contributed by atoms with Crippen LogP contribution in [0.2, 0.25) is 0 Å². The number of rotatable bonds is 5. The standard InChI is InChI=1S/C16H19NO4/c1-21-14-10-12(7-8-13(14)16(19)20)17-15(18)9-11-5-3-2-4-6-11/h5,7-8,10H,2-4,6,9H2,1H3,(H,17,18)(H,19,20). The molecular formula is C16H19NO4. The van der Waals surface area contributed by atoms with E-state index >= 15 is 0 Å². The fourth-order valence-corrected chi connectivity index (χ4v) is 2.42. The van der Waals surface area contributed by atoms with Crippen LogP contribution in [0.5, 0.6) is 5.75 Å². The van der Waals surface area contributed by atoms with Gasteiger partial charge in [0.15, 0.2) is 0 Å². The molecule has 0 radical (unpaired) electrons. The molecule has 1 amide bonds. The average Bonchev–Trinajstić information content (AvgIpc) is 2.47. The van der Waals surface area contributed by atoms with E-state index in [1.807, 2.05) is 0 Å². The Morgan fingerprint density at radius 3 is 2.76 bits per heavy atom. The number of nitrogens with one attached hydrogen (secondary N) is 1. The molecular weight excluding hydrogens is 270 g/mol. The van der Waals surface area contributed by atoms with Gasteiger partial charge in [0.2, 0.25) is 5.91 Å². The van der Waals surface area contributed by atoms with Crippen molar-refractivity contribution in [3.63, 3.8) is 0 Å². The molecule has 1 aromatic carbocycles. The second kappa shape index (κ2) is 6.92. The minimum absolute atomic E-state index is 0.0745. The summed E-state index contributed by atoms with van der Waals surface area (Å²) in [6.45, 7) is 0. The summed E-state index contributed by atoms with van der Waals surface area (Å²) in [5.74, 6) is -0.914. The molecule has 5 heteroatoms. The lowest BCUT2D eigenvalue weighted by molar-refractivity contribution is -0.115. The number of hydrogen-bond donors (Lipinski definition) is 2. The minimum Gasteiger partial charge on any atom is -0.496 e. The van der Waals surface area contributed by atoms with Gasteiger partial charge in [-0.2, -0.15) is 0 Å². The molecule has 0 atom stereocenters. The molecule has 5 nitrogen and oxygen atoms in total. The van der Waals surface area contributed by atoms with Crippen LogP contribution in [-0.2, 0) is 4.79 Å². The maximum Gasteiger partial charge on any atom is 0.339 e. The maximum absolute atomic E-state index is 12.0. The Morgan fingerprint density at radius 1 is 1.33 bits per heavy atom. The summed E-state index contributed by atoms with van der Waals surface area (Å²) in [6.07, 6.45) is 6.89. The lowest BCUT2D eigenvalue weighted by Gasteiger charge is -2.13. The van der Waals surface area contributed by atoms with Gasteiger partial charge >= 0.3 is 5.97 Å². The molecule has 0 heterocycles. The quantitative estimate of drug-likeness (QED) is 0.816. The highest BCUT2D eigenvalue weighted by atomic mass is 16.5. The van der Waals surface area contributed by atoms with E-state index in [0.717, 1.165) is 19.3 Å². The highest BCUT2D eigenvalue weighted by molar-refractivity contribution is 5.95. The molecule has 1 aliphatic carbocycles. The third kappa shape index (κ3) is 4.08. The van der Waals surface area contributed by atoms with E-state index in [4.69, 9.17) is 9.84 Å². The molecule has 0 saturated heterocycles. The van der Waals surface area contributed by atoms with Crippen molar-refractivity contribution in [1.82, 2.24) is 0 Å². The number of carbonyl (C=O) groups is 2. The van der Waals surface area contributed by atoms with Gasteiger partial charge in [0.05, 0.1) is 7.11 Å². The van der Waals surface area contributed by atoms with Gasteiger partial charge in [-0.05, 0) is 37.8 Å². The second-order valence-corrected chi connectivity index (χ2v) is 5.05. The summed E-state index contributed by atoms with van der Waals surface area (Å²) in [7, 11) is 1.40. The van der Waals surface area contributed by atoms with Crippen LogP contribution >= 0.6 is 0 Å². The zero-order valence-corrected chi connectivity index (χ0v) is 12.0. The summed E-state index contributed by atoms with van der Waals surface area (Å²) >= 11 is 0. The van der Waals surface area contributed by atoms with E-state index in [1.165, 1.54) is 31.2 Å². The Hall–Kier alpha value is -2.30. The van der Waals surface area contributed by atoms with Crippen molar-refractivity contribution in [2.45, 2.75) is 32.1 Å². The summed E-state index contributed by atoms with van der Waals surface area (Å²) < 4.78 is 5.04. The van der Waals surface area contributed by atoms with Crippen molar-refractivity contribution in [1.29, 1.82) is 0 Å². The van der Waals surface area contributed by atoms with Crippen LogP contribution in [-0.4, -0.2) is 24.1 Å². The fraction of sp³-hybridized carbons (Fsp3) is 0.375. The molecule has 0 aromatic heterocycles. The summed E-state index contributed by atoms with van der Waals surface area (Å²) in [5.41, 5.74) is 1.79. The molecule has 0 bridgehead atoms. The number of anilines is 1. The third-order valence-corrected chi connectivity index (χ3v) is 3.49. The Kier molecular flexibility index (Phi) is 4.98. The first-order chi connectivity index (χ1) is 10.1. The van der Waals surface area contributed by atoms with E-state index < -0.39 is 5.97 Å². The van der Waals surface area contributed by atoms with Crippen LogP contribution < -0.4 is 10.1 Å². The average molecular weight is 289 g/mol. The summed E-state index contributed by atoms with van der Waals surface area (Å²) in [5, 5.41) is 11.8. The van der Waals surface area contributed by atoms with Crippen LogP contribution in [0.4, 0.5) is 5.69 Å². The monoisotopic (exact) mass is 289 g/mol. The number of methoxy groups -OCH3 is 1. The third-order valence-electron chi connectivity index (χ3n) is 3.49. The van der Waals surface area contributed by atoms with Gasteiger partial charge in [-0.15, -0.1) is 0 Å². The minimum atomic E-state index is -1.06. The zero-order valence-electron chi connectivity index (χ0n) is 12.0. The van der Waals surface area contributed by atoms with E-state index in [1.54, 1.807) is 6.07 Å². The smallest absolute Gasteiger partial charge is 0.339 e. The first-order valence-electron chi connectivity index (χ1n) is 6.99. The lowest BCUT2D eigenvalue weighted by atomic mass is 9.97. The van der Waals surface area contributed by atoms with E-state index in [2.05, 4.69) is 11.4 Å². The highest BCUT2D eigenvalue weighted by Gasteiger charge is 2.13. The second-order valence-electron chi connectivity index (χ2n) is 5.05. The fourth-order valence-electron chi connectivity index (χ4n) is 2.42. The Labute approximate surface area is 123 Å². The number of amides is 1. The van der Waals surface area contributed by atoms with Gasteiger partial charge in [0.25, 0.3) is 0 Å². The molecule has 0 unspecified atom stereocenters. The molecule has 21 heavy (non-hydrogen) atoms. The van der Waals surface area contributed by atoms with Crippen molar-refractivity contribution in [2.24, 2.45) is 0 Å². The Bertz CT molecular complexity index is 578.